The van der Waals surface area contributed by atoms with Crippen LogP contribution < -0.4 is 5.32 Å². The van der Waals surface area contributed by atoms with E-state index in [2.05, 4.69) is 15.5 Å². The van der Waals surface area contributed by atoms with Gasteiger partial charge in [0.15, 0.2) is 0 Å². The predicted molar refractivity (Wildman–Crippen MR) is 90.1 cm³/mol. The number of hydrogen-bond acceptors (Lipinski definition) is 8. The standard InChI is InChI=1S/C15H13N5O5S/c21-13-15(4-5-26-8-15)17-14(22)19(13)7-11-16-12(18-25-11)9-2-1-3-10(6-9)20(23)24/h1-3,6H,4-5,7-8H2,(H,17,22). The van der Waals surface area contributed by atoms with Gasteiger partial charge in [-0.15, -0.1) is 0 Å². The number of urea groups is 1. The monoisotopic (exact) mass is 375 g/mol. The normalized spacial score (nSPS) is 22.2. The van der Waals surface area contributed by atoms with E-state index in [4.69, 9.17) is 4.52 Å². The lowest BCUT2D eigenvalue weighted by molar-refractivity contribution is -0.384. The molecule has 10 nitrogen and oxygen atoms in total. The van der Waals surface area contributed by atoms with Gasteiger partial charge in [-0.25, -0.2) is 4.79 Å². The fraction of sp³-hybridized carbons (Fsp3) is 0.333. The molecule has 0 saturated carbocycles. The van der Waals surface area contributed by atoms with Crippen LogP contribution >= 0.6 is 11.8 Å². The Balaban J connectivity index is 1.54. The zero-order valence-electron chi connectivity index (χ0n) is 13.4. The molecule has 11 heteroatoms. The lowest BCUT2D eigenvalue weighted by Crippen LogP contribution is -2.46. The summed E-state index contributed by atoms with van der Waals surface area (Å²) in [5.74, 6) is 1.32. The first-order valence-corrected chi connectivity index (χ1v) is 8.93. The molecule has 3 amide bonds. The van der Waals surface area contributed by atoms with Crippen LogP contribution in [0.25, 0.3) is 11.4 Å². The average molecular weight is 375 g/mol. The van der Waals surface area contributed by atoms with Gasteiger partial charge in [0.1, 0.15) is 12.1 Å². The number of benzene rings is 1. The second kappa shape index (κ2) is 6.09. The number of nitro benzene ring substituents is 1. The third kappa shape index (κ3) is 2.69. The molecule has 26 heavy (non-hydrogen) atoms. The van der Waals surface area contributed by atoms with Crippen molar-refractivity contribution in [2.24, 2.45) is 0 Å². The molecule has 2 aliphatic rings. The molecule has 4 rings (SSSR count). The number of carbonyl (C=O) groups is 2. The number of thioether (sulfide) groups is 1. The van der Waals surface area contributed by atoms with Crippen molar-refractivity contribution >= 4 is 29.4 Å². The average Bonchev–Trinajstić information content (AvgIpc) is 3.33. The molecule has 3 heterocycles. The van der Waals surface area contributed by atoms with E-state index in [1.165, 1.54) is 18.2 Å². The summed E-state index contributed by atoms with van der Waals surface area (Å²) >= 11 is 1.62. The number of amides is 3. The molecular weight excluding hydrogens is 362 g/mol. The second-order valence-corrected chi connectivity index (χ2v) is 7.13. The van der Waals surface area contributed by atoms with E-state index in [1.54, 1.807) is 17.8 Å². The Bertz CT molecular complexity index is 907. The van der Waals surface area contributed by atoms with Crippen LogP contribution in [0.5, 0.6) is 0 Å². The van der Waals surface area contributed by atoms with Crippen LogP contribution in [0.4, 0.5) is 10.5 Å². The van der Waals surface area contributed by atoms with Gasteiger partial charge in [0.2, 0.25) is 11.7 Å². The summed E-state index contributed by atoms with van der Waals surface area (Å²) in [5.41, 5.74) is -0.510. The molecule has 1 N–H and O–H groups in total. The van der Waals surface area contributed by atoms with Gasteiger partial charge in [-0.1, -0.05) is 17.3 Å². The molecule has 2 fully saturated rings. The van der Waals surface area contributed by atoms with Crippen LogP contribution in [0.15, 0.2) is 28.8 Å². The van der Waals surface area contributed by atoms with E-state index in [-0.39, 0.29) is 29.9 Å². The van der Waals surface area contributed by atoms with Crippen molar-refractivity contribution in [1.29, 1.82) is 0 Å². The molecule has 2 aromatic rings. The van der Waals surface area contributed by atoms with Crippen molar-refractivity contribution < 1.29 is 19.0 Å². The molecule has 2 saturated heterocycles. The number of hydrogen-bond donors (Lipinski definition) is 1. The van der Waals surface area contributed by atoms with Crippen LogP contribution in [0, 0.1) is 10.1 Å². The van der Waals surface area contributed by atoms with E-state index in [0.717, 1.165) is 10.7 Å². The van der Waals surface area contributed by atoms with Gasteiger partial charge in [0, 0.05) is 23.4 Å². The molecule has 0 aliphatic carbocycles. The second-order valence-electron chi connectivity index (χ2n) is 6.03. The van der Waals surface area contributed by atoms with E-state index < -0.39 is 16.5 Å². The highest BCUT2D eigenvalue weighted by Crippen LogP contribution is 2.34. The number of rotatable bonds is 4. The van der Waals surface area contributed by atoms with Crippen molar-refractivity contribution in [3.8, 4) is 11.4 Å². The molecule has 1 aromatic heterocycles. The van der Waals surface area contributed by atoms with Crippen LogP contribution in [0.3, 0.4) is 0 Å². The quantitative estimate of drug-likeness (QED) is 0.484. The fourth-order valence-electron chi connectivity index (χ4n) is 2.98. The highest BCUT2D eigenvalue weighted by atomic mass is 32.2. The maximum Gasteiger partial charge on any atom is 0.325 e. The zero-order chi connectivity index (χ0) is 18.3. The number of nitrogens with one attached hydrogen (secondary N) is 1. The molecule has 134 valence electrons. The van der Waals surface area contributed by atoms with Gasteiger partial charge in [-0.3, -0.25) is 19.8 Å². The number of nitrogens with zero attached hydrogens (tertiary/aromatic N) is 4. The maximum atomic E-state index is 12.6. The van der Waals surface area contributed by atoms with Gasteiger partial charge in [0.25, 0.3) is 11.6 Å². The number of aromatic nitrogens is 2. The van der Waals surface area contributed by atoms with Crippen LogP contribution in [-0.2, 0) is 11.3 Å². The summed E-state index contributed by atoms with van der Waals surface area (Å²) in [4.78, 5) is 40.3. The predicted octanol–water partition coefficient (Wildman–Crippen LogP) is 1.57. The Morgan fingerprint density at radius 3 is 3.00 bits per heavy atom. The van der Waals surface area contributed by atoms with Crippen molar-refractivity contribution in [2.45, 2.75) is 18.5 Å². The van der Waals surface area contributed by atoms with Crippen molar-refractivity contribution in [1.82, 2.24) is 20.4 Å². The molecule has 1 spiro atoms. The van der Waals surface area contributed by atoms with Crippen LogP contribution in [-0.4, -0.2) is 48.9 Å². The first-order chi connectivity index (χ1) is 12.5. The summed E-state index contributed by atoms with van der Waals surface area (Å²) in [5, 5.41) is 17.4. The number of nitro groups is 1. The third-order valence-corrected chi connectivity index (χ3v) is 5.53. The lowest BCUT2D eigenvalue weighted by atomic mass is 9.99. The Morgan fingerprint density at radius 2 is 2.27 bits per heavy atom. The van der Waals surface area contributed by atoms with Gasteiger partial charge >= 0.3 is 6.03 Å². The van der Waals surface area contributed by atoms with Crippen molar-refractivity contribution in [3.05, 3.63) is 40.3 Å². The summed E-state index contributed by atoms with van der Waals surface area (Å²) in [7, 11) is 0. The number of carbonyl (C=O) groups excluding carboxylic acids is 2. The molecule has 0 bridgehead atoms. The van der Waals surface area contributed by atoms with Gasteiger partial charge in [-0.05, 0) is 12.2 Å². The lowest BCUT2D eigenvalue weighted by Gasteiger charge is -2.18. The van der Waals surface area contributed by atoms with Crippen molar-refractivity contribution in [2.75, 3.05) is 11.5 Å². The molecule has 1 atom stereocenters. The zero-order valence-corrected chi connectivity index (χ0v) is 14.2. The molecule has 1 aromatic carbocycles. The molecule has 2 aliphatic heterocycles. The largest absolute Gasteiger partial charge is 0.337 e. The molecule has 0 radical (unpaired) electrons. The van der Waals surface area contributed by atoms with Gasteiger partial charge in [-0.2, -0.15) is 16.7 Å². The summed E-state index contributed by atoms with van der Waals surface area (Å²) in [6.45, 7) is -0.140. The highest BCUT2D eigenvalue weighted by molar-refractivity contribution is 7.99. The maximum absolute atomic E-state index is 12.6. The minimum atomic E-state index is -0.829. The first-order valence-electron chi connectivity index (χ1n) is 7.78. The third-order valence-electron chi connectivity index (χ3n) is 4.34. The highest BCUT2D eigenvalue weighted by Gasteiger charge is 2.53. The molecular formula is C15H13N5O5S. The number of non-ortho nitro benzene ring substituents is 1. The number of imide groups is 1. The Hall–Kier alpha value is -2.95. The first kappa shape index (κ1) is 16.5. The smallest absolute Gasteiger partial charge is 0.325 e. The van der Waals surface area contributed by atoms with Gasteiger partial charge in [0.05, 0.1) is 4.92 Å². The van der Waals surface area contributed by atoms with E-state index >= 15 is 0 Å². The van der Waals surface area contributed by atoms with Crippen LogP contribution in [0.2, 0.25) is 0 Å². The SMILES string of the molecule is O=C1NC2(CCSC2)C(=O)N1Cc1nc(-c2cccc([N+](=O)[O-])c2)no1. The molecule has 1 unspecified atom stereocenters. The Labute approximate surface area is 151 Å². The van der Waals surface area contributed by atoms with E-state index in [0.29, 0.717) is 17.7 Å². The Kier molecular flexibility index (Phi) is 3.87. The Morgan fingerprint density at radius 1 is 1.42 bits per heavy atom. The van der Waals surface area contributed by atoms with Crippen molar-refractivity contribution in [3.63, 3.8) is 0 Å². The van der Waals surface area contributed by atoms with Crippen LogP contribution in [0.1, 0.15) is 12.3 Å². The topological polar surface area (TPSA) is 131 Å². The van der Waals surface area contributed by atoms with E-state index in [9.17, 15) is 19.7 Å². The fourth-order valence-corrected chi connectivity index (χ4v) is 4.31. The van der Waals surface area contributed by atoms with E-state index in [1.807, 2.05) is 0 Å². The summed E-state index contributed by atoms with van der Waals surface area (Å²) < 4.78 is 5.12. The summed E-state index contributed by atoms with van der Waals surface area (Å²) in [6.07, 6.45) is 0.599. The minimum absolute atomic E-state index is 0.0812. The van der Waals surface area contributed by atoms with Gasteiger partial charge < -0.3 is 9.84 Å². The minimum Gasteiger partial charge on any atom is -0.337 e. The summed E-state index contributed by atoms with van der Waals surface area (Å²) in [6, 6.07) is 5.33.